The van der Waals surface area contributed by atoms with Gasteiger partial charge >= 0.3 is 341 Å². The molecule has 0 N–H and O–H groups in total. The van der Waals surface area contributed by atoms with Crippen molar-refractivity contribution in [1.29, 1.82) is 0 Å². The van der Waals surface area contributed by atoms with Crippen molar-refractivity contribution >= 4 is 112 Å². The fourth-order valence-electron chi connectivity index (χ4n) is 10.5. The minimum Gasteiger partial charge on any atom is -0.305 e. The summed E-state index contributed by atoms with van der Waals surface area (Å²) in [6.07, 6.45) is 4.15. The fourth-order valence-corrected chi connectivity index (χ4v) is 19.3. The number of rotatable bonds is 12. The predicted octanol–water partition coefficient (Wildman–Crippen LogP) is 20.8. The molecule has 0 atom stereocenters. The van der Waals surface area contributed by atoms with Crippen molar-refractivity contribution in [2.24, 2.45) is 5.92 Å². The van der Waals surface area contributed by atoms with Crippen LogP contribution in [0.3, 0.4) is 0 Å². The van der Waals surface area contributed by atoms with Crippen molar-refractivity contribution in [2.45, 2.75) is 114 Å². The predicted molar refractivity (Wildman–Crippen MR) is 378 cm³/mol. The molecule has 0 fully saturated rings. The van der Waals surface area contributed by atoms with E-state index < -0.39 is 52.8 Å². The van der Waals surface area contributed by atoms with Gasteiger partial charge in [-0.05, 0) is 47.1 Å². The van der Waals surface area contributed by atoms with E-state index in [1.165, 1.54) is 71.4 Å². The summed E-state index contributed by atoms with van der Waals surface area (Å²) in [6.45, 7) is 18.2. The molecule has 9 heteroatoms. The van der Waals surface area contributed by atoms with Crippen LogP contribution in [0.1, 0.15) is 75.5 Å². The van der Waals surface area contributed by atoms with Gasteiger partial charge in [0.05, 0.1) is 8.07 Å². The molecule has 0 aliphatic carbocycles. The first-order valence-electron chi connectivity index (χ1n) is 31.2. The van der Waals surface area contributed by atoms with Gasteiger partial charge in [0, 0.05) is 24.1 Å². The van der Waals surface area contributed by atoms with Crippen molar-refractivity contribution in [3.05, 3.63) is 217 Å². The third-order valence-electron chi connectivity index (χ3n) is 15.4. The number of nitrogens with zero attached hydrogens (tertiary/aromatic N) is 3. The first-order valence-corrected chi connectivity index (χ1v) is 49.1. The van der Waals surface area contributed by atoms with Gasteiger partial charge in [-0.1, -0.05) is 83.9 Å². The Kier molecular flexibility index (Phi) is 18.4. The fraction of sp³-hybridized carbons (Fsp3) is 0.250. The van der Waals surface area contributed by atoms with Gasteiger partial charge in [-0.15, -0.1) is 35.9 Å². The summed E-state index contributed by atoms with van der Waals surface area (Å²) in [5.41, 5.74) is 13.3. The first-order chi connectivity index (χ1) is 41.4. The summed E-state index contributed by atoms with van der Waals surface area (Å²) in [7, 11) is -1.67. The number of pyridine rings is 3. The Bertz CT molecular complexity index is 4250. The Labute approximate surface area is 540 Å². The minimum atomic E-state index is -1.80. The van der Waals surface area contributed by atoms with Crippen LogP contribution in [0.25, 0.3) is 96.4 Å². The quantitative estimate of drug-likeness (QED) is 0.0904. The van der Waals surface area contributed by atoms with E-state index in [0.717, 1.165) is 55.6 Å². The SMILES string of the molecule is [2H]C(C)(C)c1ccnc(-c2[c-]ccc3c2sc2cc(-c4cc[c]([Ge]([CH3])([CH3])[CH3])cc4)ccc23)c1.[2H]C(C)(C)c1ccnc(-c2[c-]ccc3c2sc2cc(-c4cc[c]([Ge]([CH3])([CH3])[CH3])cc4)ccc23)c1.[2H]C([2H])(c1cc(-c2[c-]cccc2)ncc1[Si](C)(C)C)C(C)C.[Ir+3]. The van der Waals surface area contributed by atoms with Crippen LogP contribution in [0.5, 0.6) is 0 Å². The molecule has 0 spiro atoms. The van der Waals surface area contributed by atoms with Crippen LogP contribution in [0.2, 0.25) is 54.2 Å². The zero-order chi connectivity index (χ0) is 63.3. The molecule has 0 radical (unpaired) electrons. The Morgan fingerprint density at radius 3 is 1.35 bits per heavy atom. The zero-order valence-corrected chi connectivity index (χ0v) is 61.1. The summed E-state index contributed by atoms with van der Waals surface area (Å²) >= 11 is -0.00165. The molecule has 5 heterocycles. The Hall–Kier alpha value is -5.62. The summed E-state index contributed by atoms with van der Waals surface area (Å²) in [5.74, 6) is 13.2. The van der Waals surface area contributed by atoms with E-state index in [9.17, 15) is 0 Å². The summed E-state index contributed by atoms with van der Waals surface area (Å²) in [4.78, 5) is 13.9. The van der Waals surface area contributed by atoms with Gasteiger partial charge in [-0.2, -0.15) is 0 Å². The van der Waals surface area contributed by atoms with Gasteiger partial charge in [0.25, 0.3) is 0 Å². The van der Waals surface area contributed by atoms with Crippen LogP contribution in [0, 0.1) is 24.1 Å². The molecule has 0 aliphatic rings. The van der Waals surface area contributed by atoms with E-state index in [4.69, 9.17) is 5.48 Å². The van der Waals surface area contributed by atoms with Crippen molar-refractivity contribution in [2.75, 3.05) is 0 Å². The molecule has 0 aliphatic heterocycles. The molecule has 0 saturated heterocycles. The van der Waals surface area contributed by atoms with E-state index in [-0.39, 0.29) is 26.0 Å². The van der Waals surface area contributed by atoms with E-state index in [1.54, 1.807) is 22.7 Å². The third-order valence-corrected chi connectivity index (χ3v) is 28.4. The second kappa shape index (κ2) is 26.8. The van der Waals surface area contributed by atoms with Crippen LogP contribution < -0.4 is 14.0 Å². The molecule has 432 valence electrons. The first kappa shape index (κ1) is 58.4. The normalized spacial score (nSPS) is 13.1. The molecule has 12 aromatic rings. The second-order valence-corrected chi connectivity index (χ2v) is 54.2. The topological polar surface area (TPSA) is 38.7 Å². The Balaban J connectivity index is 0.000000161. The number of fused-ring (bicyclic) bond motifs is 6. The van der Waals surface area contributed by atoms with Crippen LogP contribution in [-0.2, 0) is 26.5 Å². The van der Waals surface area contributed by atoms with Gasteiger partial charge in [-0.25, -0.2) is 0 Å². The summed E-state index contributed by atoms with van der Waals surface area (Å²) < 4.78 is 41.9. The van der Waals surface area contributed by atoms with Crippen molar-refractivity contribution < 1.29 is 25.6 Å². The smallest absolute Gasteiger partial charge is 0.305 e. The molecule has 3 nitrogen and oxygen atoms in total. The van der Waals surface area contributed by atoms with Gasteiger partial charge in [0.2, 0.25) is 0 Å². The number of hydrogen-bond acceptors (Lipinski definition) is 5. The van der Waals surface area contributed by atoms with Crippen LogP contribution in [0.4, 0.5) is 0 Å². The maximum absolute atomic E-state index is 8.55. The average Bonchev–Trinajstić information content (AvgIpc) is 1.97. The van der Waals surface area contributed by atoms with E-state index in [2.05, 4.69) is 184 Å². The van der Waals surface area contributed by atoms with Gasteiger partial charge in [0.15, 0.2) is 0 Å². The van der Waals surface area contributed by atoms with Gasteiger partial charge < -0.3 is 4.98 Å². The summed E-state index contributed by atoms with van der Waals surface area (Å²) in [5, 5.41) is 6.12. The molecule has 0 unspecified atom stereocenters. The molecule has 5 aromatic heterocycles. The van der Waals surface area contributed by atoms with Crippen LogP contribution >= 0.6 is 22.7 Å². The van der Waals surface area contributed by atoms with Crippen molar-refractivity contribution in [1.82, 2.24) is 15.0 Å². The molecule has 0 amide bonds. The van der Waals surface area contributed by atoms with Crippen LogP contribution in [0.15, 0.2) is 182 Å². The minimum absolute atomic E-state index is 0. The number of hydrogen-bond donors (Lipinski definition) is 0. The van der Waals surface area contributed by atoms with E-state index >= 15 is 0 Å². The Morgan fingerprint density at radius 2 is 0.953 bits per heavy atom. The molecule has 7 aromatic carbocycles. The number of thiophene rings is 2. The van der Waals surface area contributed by atoms with Crippen molar-refractivity contribution in [3.8, 4) is 56.0 Å². The van der Waals surface area contributed by atoms with Crippen molar-refractivity contribution in [3.63, 3.8) is 0 Å². The van der Waals surface area contributed by atoms with Gasteiger partial charge in [0.1, 0.15) is 0 Å². The monoisotopic (exact) mass is 1470 g/mol. The molecule has 0 bridgehead atoms. The van der Waals surface area contributed by atoms with E-state index in [1.807, 2.05) is 127 Å². The standard InChI is InChI=1S/2C29H28GeNS.C18H24NSi.Ir/c2*1-19(2)21-15-16-31-27(17-21)26-8-6-7-25-24-14-11-22(18-28(24)32-29(25)26)20-9-12-23(13-10-20)30(3,4)5;1-14(2)11-16-12-17(15-9-7-6-8-10-15)19-13-18(16)20(3,4)5;/h2*6-7,9-19H,1-5H3;6-9,12-14H,11H2,1-5H3;/q3*-1;+3/i2*19D;11D2;. The third kappa shape index (κ3) is 14.9. The van der Waals surface area contributed by atoms with Crippen LogP contribution in [-0.4, -0.2) is 49.6 Å². The number of benzene rings is 7. The van der Waals surface area contributed by atoms with Gasteiger partial charge in [-0.3, -0.25) is 0 Å². The molecule has 0 saturated carbocycles. The molecular formula is C76H80Ge2IrN3S2Si. The number of aromatic nitrogens is 3. The summed E-state index contributed by atoms with van der Waals surface area (Å²) in [6, 6.07) is 67.9. The van der Waals surface area contributed by atoms with E-state index in [0.29, 0.717) is 0 Å². The molecule has 12 rings (SSSR count). The maximum atomic E-state index is 8.55. The average molecular weight is 1470 g/mol. The Morgan fingerprint density at radius 1 is 0.494 bits per heavy atom. The molecular weight excluding hydrogens is 1380 g/mol. The second-order valence-electron chi connectivity index (χ2n) is 25.8. The molecule has 85 heavy (non-hydrogen) atoms. The zero-order valence-electron chi connectivity index (χ0n) is 55.9.